The molecule has 152 valence electrons. The number of thiazole rings is 1. The topological polar surface area (TPSA) is 98.9 Å². The van der Waals surface area contributed by atoms with Gasteiger partial charge in [-0.15, -0.1) is 11.3 Å². The molecule has 3 aromatic rings. The fraction of sp³-hybridized carbons (Fsp3) is 0.421. The number of methoxy groups -OCH3 is 1. The van der Waals surface area contributed by atoms with Crippen LogP contribution in [-0.2, 0) is 27.3 Å². The number of fused-ring (bicyclic) bond motifs is 1. The van der Waals surface area contributed by atoms with Gasteiger partial charge in [-0.2, -0.15) is 5.10 Å². The molecule has 0 radical (unpaired) electrons. The number of hydrogen-bond donors (Lipinski definition) is 0. The van der Waals surface area contributed by atoms with Gasteiger partial charge in [0.1, 0.15) is 6.61 Å². The molecule has 0 unspecified atom stereocenters. The minimum atomic E-state index is -0.312. The first-order valence-corrected chi connectivity index (χ1v) is 10.3. The van der Waals surface area contributed by atoms with Gasteiger partial charge in [0, 0.05) is 36.4 Å². The maximum Gasteiger partial charge on any atom is 0.410 e. The summed E-state index contributed by atoms with van der Waals surface area (Å²) < 4.78 is 11.7. The molecule has 10 heteroatoms. The summed E-state index contributed by atoms with van der Waals surface area (Å²) in [7, 11) is 1.36. The van der Waals surface area contributed by atoms with Gasteiger partial charge in [-0.1, -0.05) is 0 Å². The number of rotatable bonds is 5. The molecule has 1 amide bonds. The molecule has 0 aromatic carbocycles. The average Bonchev–Trinajstić information content (AvgIpc) is 3.41. The van der Waals surface area contributed by atoms with Crippen LogP contribution in [-0.4, -0.2) is 56.7 Å². The van der Waals surface area contributed by atoms with Crippen LogP contribution in [0.5, 0.6) is 0 Å². The second-order valence-electron chi connectivity index (χ2n) is 6.88. The predicted octanol–water partition coefficient (Wildman–Crippen LogP) is 2.42. The van der Waals surface area contributed by atoms with E-state index in [2.05, 4.69) is 15.1 Å². The van der Waals surface area contributed by atoms with E-state index < -0.39 is 0 Å². The lowest BCUT2D eigenvalue weighted by atomic mass is 9.91. The van der Waals surface area contributed by atoms with E-state index in [1.54, 1.807) is 27.3 Å². The summed E-state index contributed by atoms with van der Waals surface area (Å²) in [6.07, 6.45) is 6.80. The van der Waals surface area contributed by atoms with E-state index in [1.165, 1.54) is 18.4 Å². The largest absolute Gasteiger partial charge is 0.469 e. The van der Waals surface area contributed by atoms with Gasteiger partial charge in [0.2, 0.25) is 0 Å². The minimum absolute atomic E-state index is 0.163. The van der Waals surface area contributed by atoms with E-state index in [9.17, 15) is 9.59 Å². The average molecular weight is 415 g/mol. The lowest BCUT2D eigenvalue weighted by Crippen LogP contribution is -2.38. The summed E-state index contributed by atoms with van der Waals surface area (Å²) in [6, 6.07) is 0. The highest BCUT2D eigenvalue weighted by Gasteiger charge is 2.27. The molecule has 1 aliphatic heterocycles. The first-order chi connectivity index (χ1) is 14.1. The Morgan fingerprint density at radius 3 is 2.79 bits per heavy atom. The number of ether oxygens (including phenoxy) is 2. The molecule has 4 rings (SSSR count). The summed E-state index contributed by atoms with van der Waals surface area (Å²) in [6.45, 7) is 1.45. The van der Waals surface area contributed by atoms with Crippen LogP contribution in [0.15, 0.2) is 29.5 Å². The van der Waals surface area contributed by atoms with Gasteiger partial charge in [-0.3, -0.25) is 4.79 Å². The highest BCUT2D eigenvalue weighted by atomic mass is 32.1. The van der Waals surface area contributed by atoms with Crippen LogP contribution in [0.4, 0.5) is 4.79 Å². The fourth-order valence-electron chi connectivity index (χ4n) is 3.46. The number of carbonyl (C=O) groups is 2. The van der Waals surface area contributed by atoms with Crippen molar-refractivity contribution in [2.45, 2.75) is 31.8 Å². The Hall–Kier alpha value is -3.01. The number of aromatic nitrogens is 4. The molecular formula is C19H21N5O4S. The van der Waals surface area contributed by atoms with Crippen LogP contribution in [0.3, 0.4) is 0 Å². The van der Waals surface area contributed by atoms with Gasteiger partial charge < -0.3 is 14.4 Å². The standard InChI is InChI=1S/C19H21N5O4S/c1-27-17(25)6-13-7-20-18-16(8-22-24(18)9-13)14-2-4-23(5-3-14)19(26)28-10-15-11-29-12-21-15/h7-9,11-12,14H,2-6,10H2,1H3. The van der Waals surface area contributed by atoms with E-state index in [0.29, 0.717) is 13.1 Å². The van der Waals surface area contributed by atoms with E-state index in [0.717, 1.165) is 35.3 Å². The first-order valence-electron chi connectivity index (χ1n) is 9.32. The van der Waals surface area contributed by atoms with E-state index in [1.807, 2.05) is 11.6 Å². The molecule has 0 aliphatic carbocycles. The van der Waals surface area contributed by atoms with Crippen LogP contribution in [0, 0.1) is 0 Å². The second-order valence-corrected chi connectivity index (χ2v) is 7.60. The molecule has 4 heterocycles. The van der Waals surface area contributed by atoms with Crippen molar-refractivity contribution in [3.8, 4) is 0 Å². The zero-order valence-corrected chi connectivity index (χ0v) is 16.8. The van der Waals surface area contributed by atoms with Crippen molar-refractivity contribution in [2.24, 2.45) is 0 Å². The lowest BCUT2D eigenvalue weighted by Gasteiger charge is -2.30. The van der Waals surface area contributed by atoms with E-state index in [-0.39, 0.29) is 31.0 Å². The Kier molecular flexibility index (Phi) is 5.70. The van der Waals surface area contributed by atoms with Gasteiger partial charge >= 0.3 is 12.1 Å². The highest BCUT2D eigenvalue weighted by Crippen LogP contribution is 2.30. The summed E-state index contributed by atoms with van der Waals surface area (Å²) >= 11 is 1.48. The molecule has 0 saturated carbocycles. The predicted molar refractivity (Wildman–Crippen MR) is 105 cm³/mol. The first kappa shape index (κ1) is 19.3. The highest BCUT2D eigenvalue weighted by molar-refractivity contribution is 7.07. The smallest absolute Gasteiger partial charge is 0.410 e. The number of likely N-dealkylation sites (tertiary alicyclic amines) is 1. The number of piperidine rings is 1. The monoisotopic (exact) mass is 415 g/mol. The number of esters is 1. The fourth-order valence-corrected chi connectivity index (χ4v) is 4.00. The molecule has 0 spiro atoms. The van der Waals surface area contributed by atoms with Crippen LogP contribution in [0.25, 0.3) is 5.65 Å². The summed E-state index contributed by atoms with van der Waals surface area (Å²) in [5.74, 6) is -0.0402. The molecule has 29 heavy (non-hydrogen) atoms. The van der Waals surface area contributed by atoms with Crippen molar-refractivity contribution >= 4 is 29.0 Å². The minimum Gasteiger partial charge on any atom is -0.469 e. The molecule has 1 aliphatic rings. The number of hydrogen-bond acceptors (Lipinski definition) is 8. The molecule has 9 nitrogen and oxygen atoms in total. The zero-order valence-electron chi connectivity index (χ0n) is 16.0. The second kappa shape index (κ2) is 8.56. The Labute approximate surface area is 171 Å². The Balaban J connectivity index is 1.36. The normalized spacial score (nSPS) is 14.9. The van der Waals surface area contributed by atoms with Crippen molar-refractivity contribution in [3.05, 3.63) is 46.3 Å². The van der Waals surface area contributed by atoms with Gasteiger partial charge in [-0.25, -0.2) is 19.3 Å². The summed E-state index contributed by atoms with van der Waals surface area (Å²) in [4.78, 5) is 34.1. The summed E-state index contributed by atoms with van der Waals surface area (Å²) in [5.41, 5.74) is 5.07. The van der Waals surface area contributed by atoms with Gasteiger partial charge in [-0.05, 0) is 24.3 Å². The van der Waals surface area contributed by atoms with Gasteiger partial charge in [0.05, 0.1) is 30.9 Å². The number of carbonyl (C=O) groups excluding carboxylic acids is 2. The molecule has 0 N–H and O–H groups in total. The van der Waals surface area contributed by atoms with E-state index in [4.69, 9.17) is 9.47 Å². The lowest BCUT2D eigenvalue weighted by molar-refractivity contribution is -0.139. The van der Waals surface area contributed by atoms with Gasteiger partial charge in [0.25, 0.3) is 0 Å². The van der Waals surface area contributed by atoms with Crippen molar-refractivity contribution < 1.29 is 19.1 Å². The molecular weight excluding hydrogens is 394 g/mol. The quantitative estimate of drug-likeness (QED) is 0.590. The third-order valence-electron chi connectivity index (χ3n) is 5.03. The number of nitrogens with zero attached hydrogens (tertiary/aromatic N) is 5. The maximum absolute atomic E-state index is 12.3. The molecule has 0 atom stereocenters. The SMILES string of the molecule is COC(=O)Cc1cnc2c(C3CCN(C(=O)OCc4cscn4)CC3)cnn2c1. The number of amides is 1. The Morgan fingerprint density at radius 2 is 2.07 bits per heavy atom. The third kappa shape index (κ3) is 4.37. The third-order valence-corrected chi connectivity index (χ3v) is 5.67. The maximum atomic E-state index is 12.3. The summed E-state index contributed by atoms with van der Waals surface area (Å²) in [5, 5.41) is 6.26. The van der Waals surface area contributed by atoms with Crippen molar-refractivity contribution in [1.29, 1.82) is 0 Å². The molecule has 3 aromatic heterocycles. The van der Waals surface area contributed by atoms with Crippen molar-refractivity contribution in [1.82, 2.24) is 24.5 Å². The van der Waals surface area contributed by atoms with Crippen LogP contribution in [0.2, 0.25) is 0 Å². The molecule has 1 saturated heterocycles. The van der Waals surface area contributed by atoms with Gasteiger partial charge in [0.15, 0.2) is 5.65 Å². The Bertz CT molecular complexity index is 995. The van der Waals surface area contributed by atoms with Crippen LogP contribution < -0.4 is 0 Å². The zero-order chi connectivity index (χ0) is 20.2. The molecule has 0 bridgehead atoms. The van der Waals surface area contributed by atoms with E-state index >= 15 is 0 Å². The molecule has 1 fully saturated rings. The van der Waals surface area contributed by atoms with Crippen LogP contribution >= 0.6 is 11.3 Å². The van der Waals surface area contributed by atoms with Crippen molar-refractivity contribution in [3.63, 3.8) is 0 Å². The van der Waals surface area contributed by atoms with Crippen LogP contribution in [0.1, 0.15) is 35.6 Å². The Morgan fingerprint density at radius 1 is 1.24 bits per heavy atom. The van der Waals surface area contributed by atoms with Crippen molar-refractivity contribution in [2.75, 3.05) is 20.2 Å².